The first-order valence-electron chi connectivity index (χ1n) is 6.89. The molecule has 0 radical (unpaired) electrons. The van der Waals surface area contributed by atoms with Gasteiger partial charge >= 0.3 is 0 Å². The van der Waals surface area contributed by atoms with Gasteiger partial charge in [-0.2, -0.15) is 0 Å². The minimum absolute atomic E-state index is 0.151. The molecule has 0 aliphatic heterocycles. The lowest BCUT2D eigenvalue weighted by molar-refractivity contribution is 0.417. The van der Waals surface area contributed by atoms with Crippen molar-refractivity contribution in [3.63, 3.8) is 0 Å². The van der Waals surface area contributed by atoms with E-state index in [4.69, 9.17) is 0 Å². The Balaban J connectivity index is 2.07. The van der Waals surface area contributed by atoms with Crippen LogP contribution in [0.4, 0.5) is 0 Å². The van der Waals surface area contributed by atoms with E-state index in [9.17, 15) is 0 Å². The summed E-state index contributed by atoms with van der Waals surface area (Å²) in [6.45, 7) is 10.6. The molecule has 19 heavy (non-hydrogen) atoms. The average Bonchev–Trinajstić information content (AvgIpc) is 2.73. The summed E-state index contributed by atoms with van der Waals surface area (Å²) in [4.78, 5) is 0. The second-order valence-corrected chi connectivity index (χ2v) is 6.22. The molecule has 2 nitrogen and oxygen atoms in total. The summed E-state index contributed by atoms with van der Waals surface area (Å²) in [5.41, 5.74) is 4.15. The first-order valence-corrected chi connectivity index (χ1v) is 6.89. The Morgan fingerprint density at radius 1 is 1.11 bits per heavy atom. The lowest BCUT2D eigenvalue weighted by Gasteiger charge is -2.21. The average molecular weight is 256 g/mol. The lowest BCUT2D eigenvalue weighted by Crippen LogP contribution is -2.35. The van der Waals surface area contributed by atoms with Gasteiger partial charge in [0, 0.05) is 30.5 Å². The van der Waals surface area contributed by atoms with Gasteiger partial charge in [0.05, 0.1) is 0 Å². The third kappa shape index (κ3) is 4.25. The van der Waals surface area contributed by atoms with Crippen molar-refractivity contribution < 1.29 is 0 Å². The molecular formula is C17H24N2. The highest BCUT2D eigenvalue weighted by Crippen LogP contribution is 2.11. The van der Waals surface area contributed by atoms with Crippen molar-refractivity contribution in [1.29, 1.82) is 0 Å². The summed E-state index contributed by atoms with van der Waals surface area (Å²) in [7, 11) is 0. The highest BCUT2D eigenvalue weighted by atomic mass is 15.0. The number of aromatic nitrogens is 1. The van der Waals surface area contributed by atoms with E-state index < -0.39 is 0 Å². The topological polar surface area (TPSA) is 17.0 Å². The number of aryl methyl sites for hydroxylation is 1. The molecule has 2 rings (SSSR count). The zero-order valence-corrected chi connectivity index (χ0v) is 12.4. The largest absolute Gasteiger partial charge is 0.346 e. The van der Waals surface area contributed by atoms with Crippen LogP contribution in [-0.4, -0.2) is 10.1 Å². The predicted molar refractivity (Wildman–Crippen MR) is 81.3 cm³/mol. The molecule has 1 N–H and O–H groups in total. The second-order valence-electron chi connectivity index (χ2n) is 6.22. The van der Waals surface area contributed by atoms with Crippen LogP contribution in [0, 0.1) is 6.92 Å². The van der Waals surface area contributed by atoms with Crippen LogP contribution < -0.4 is 5.32 Å². The van der Waals surface area contributed by atoms with E-state index in [0.717, 1.165) is 13.1 Å². The highest BCUT2D eigenvalue weighted by molar-refractivity contribution is 5.23. The first kappa shape index (κ1) is 13.9. The summed E-state index contributed by atoms with van der Waals surface area (Å²) in [5.74, 6) is 0. The summed E-state index contributed by atoms with van der Waals surface area (Å²) < 4.78 is 2.31. The van der Waals surface area contributed by atoms with Crippen molar-refractivity contribution in [2.24, 2.45) is 0 Å². The van der Waals surface area contributed by atoms with Gasteiger partial charge in [0.15, 0.2) is 0 Å². The summed E-state index contributed by atoms with van der Waals surface area (Å²) in [6.07, 6.45) is 2.15. The van der Waals surface area contributed by atoms with E-state index in [2.05, 4.69) is 80.2 Å². The van der Waals surface area contributed by atoms with Gasteiger partial charge in [-0.25, -0.2) is 0 Å². The van der Waals surface area contributed by atoms with E-state index in [1.165, 1.54) is 16.8 Å². The molecule has 0 amide bonds. The molecule has 0 atom stereocenters. The van der Waals surface area contributed by atoms with Gasteiger partial charge in [-0.3, -0.25) is 0 Å². The molecule has 102 valence electrons. The predicted octanol–water partition coefficient (Wildman–Crippen LogP) is 3.73. The molecule has 0 aliphatic rings. The van der Waals surface area contributed by atoms with Crippen molar-refractivity contribution in [3.8, 4) is 0 Å². The van der Waals surface area contributed by atoms with Crippen LogP contribution in [0.1, 0.15) is 37.6 Å². The first-order chi connectivity index (χ1) is 8.94. The van der Waals surface area contributed by atoms with Crippen LogP contribution >= 0.6 is 0 Å². The van der Waals surface area contributed by atoms with Crippen LogP contribution in [0.15, 0.2) is 42.6 Å². The Kier molecular flexibility index (Phi) is 4.11. The molecule has 1 aromatic carbocycles. The Hall–Kier alpha value is -1.54. The number of nitrogens with one attached hydrogen (secondary N) is 1. The molecular weight excluding hydrogens is 232 g/mol. The summed E-state index contributed by atoms with van der Waals surface area (Å²) in [5, 5.41) is 3.54. The van der Waals surface area contributed by atoms with Gasteiger partial charge in [-0.05, 0) is 45.4 Å². The Morgan fingerprint density at radius 2 is 1.89 bits per heavy atom. The van der Waals surface area contributed by atoms with E-state index in [0.29, 0.717) is 0 Å². The Labute approximate surface area is 116 Å². The quantitative estimate of drug-likeness (QED) is 0.882. The molecule has 0 aliphatic carbocycles. The van der Waals surface area contributed by atoms with Gasteiger partial charge < -0.3 is 9.88 Å². The standard InChI is InChI=1S/C17H24N2/c1-14-7-5-8-15(11-14)13-19-10-6-9-16(19)12-18-17(2,3)4/h5-11,18H,12-13H2,1-4H3. The van der Waals surface area contributed by atoms with E-state index in [1.807, 2.05) is 0 Å². The van der Waals surface area contributed by atoms with Crippen LogP contribution in [0.3, 0.4) is 0 Å². The number of nitrogens with zero attached hydrogens (tertiary/aromatic N) is 1. The van der Waals surface area contributed by atoms with Crippen LogP contribution in [0.2, 0.25) is 0 Å². The van der Waals surface area contributed by atoms with E-state index in [1.54, 1.807) is 0 Å². The van der Waals surface area contributed by atoms with Crippen molar-refractivity contribution in [2.45, 2.75) is 46.3 Å². The molecule has 1 aromatic heterocycles. The molecule has 0 fully saturated rings. The number of hydrogen-bond donors (Lipinski definition) is 1. The molecule has 2 aromatic rings. The maximum atomic E-state index is 3.54. The molecule has 0 saturated heterocycles. The fraction of sp³-hybridized carbons (Fsp3) is 0.412. The Bertz CT molecular complexity index is 532. The third-order valence-electron chi connectivity index (χ3n) is 3.16. The number of hydrogen-bond acceptors (Lipinski definition) is 1. The van der Waals surface area contributed by atoms with Gasteiger partial charge in [-0.15, -0.1) is 0 Å². The molecule has 0 unspecified atom stereocenters. The van der Waals surface area contributed by atoms with E-state index >= 15 is 0 Å². The minimum Gasteiger partial charge on any atom is -0.346 e. The Morgan fingerprint density at radius 3 is 2.58 bits per heavy atom. The minimum atomic E-state index is 0.151. The SMILES string of the molecule is Cc1cccc(Cn2cccc2CNC(C)(C)C)c1. The normalized spacial score (nSPS) is 11.8. The lowest BCUT2D eigenvalue weighted by atomic mass is 10.1. The fourth-order valence-corrected chi connectivity index (χ4v) is 2.13. The van der Waals surface area contributed by atoms with Gasteiger partial charge in [-0.1, -0.05) is 29.8 Å². The van der Waals surface area contributed by atoms with Gasteiger partial charge in [0.1, 0.15) is 0 Å². The zero-order valence-electron chi connectivity index (χ0n) is 12.4. The second kappa shape index (κ2) is 5.62. The summed E-state index contributed by atoms with van der Waals surface area (Å²) in [6, 6.07) is 13.0. The summed E-state index contributed by atoms with van der Waals surface area (Å²) >= 11 is 0. The molecule has 0 saturated carbocycles. The fourth-order valence-electron chi connectivity index (χ4n) is 2.13. The van der Waals surface area contributed by atoms with Crippen LogP contribution in [-0.2, 0) is 13.1 Å². The third-order valence-corrected chi connectivity index (χ3v) is 3.16. The van der Waals surface area contributed by atoms with Crippen molar-refractivity contribution in [2.75, 3.05) is 0 Å². The van der Waals surface area contributed by atoms with Crippen molar-refractivity contribution in [1.82, 2.24) is 9.88 Å². The van der Waals surface area contributed by atoms with Gasteiger partial charge in [0.2, 0.25) is 0 Å². The van der Waals surface area contributed by atoms with Crippen molar-refractivity contribution >= 4 is 0 Å². The monoisotopic (exact) mass is 256 g/mol. The number of rotatable bonds is 4. The maximum absolute atomic E-state index is 3.54. The molecule has 1 heterocycles. The highest BCUT2D eigenvalue weighted by Gasteiger charge is 2.10. The number of benzene rings is 1. The smallest absolute Gasteiger partial charge is 0.0473 e. The van der Waals surface area contributed by atoms with Crippen LogP contribution in [0.25, 0.3) is 0 Å². The molecule has 2 heteroatoms. The molecule has 0 bridgehead atoms. The van der Waals surface area contributed by atoms with Crippen LogP contribution in [0.5, 0.6) is 0 Å². The maximum Gasteiger partial charge on any atom is 0.0473 e. The van der Waals surface area contributed by atoms with E-state index in [-0.39, 0.29) is 5.54 Å². The zero-order chi connectivity index (χ0) is 13.9. The van der Waals surface area contributed by atoms with Crippen molar-refractivity contribution in [3.05, 3.63) is 59.4 Å². The van der Waals surface area contributed by atoms with Gasteiger partial charge in [0.25, 0.3) is 0 Å². The molecule has 0 spiro atoms.